The van der Waals surface area contributed by atoms with E-state index in [0.717, 1.165) is 18.5 Å². The van der Waals surface area contributed by atoms with E-state index in [0.29, 0.717) is 16.7 Å². The van der Waals surface area contributed by atoms with Crippen LogP contribution in [0.5, 0.6) is 0 Å². The second kappa shape index (κ2) is 4.54. The van der Waals surface area contributed by atoms with E-state index in [2.05, 4.69) is 21.0 Å². The van der Waals surface area contributed by atoms with Crippen LogP contribution in [0.1, 0.15) is 56.1 Å². The summed E-state index contributed by atoms with van der Waals surface area (Å²) in [5.41, 5.74) is 3.74. The average Bonchev–Trinajstić information content (AvgIpc) is 3.05. The summed E-state index contributed by atoms with van der Waals surface area (Å²) >= 11 is 0. The number of carbonyl (C=O) groups is 1. The monoisotopic (exact) mass is 269 g/mol. The molecule has 0 saturated carbocycles. The number of H-pyrrole nitrogens is 1. The molecule has 3 rings (SSSR count). The predicted octanol–water partition coefficient (Wildman–Crippen LogP) is 3.75. The van der Waals surface area contributed by atoms with Crippen molar-refractivity contribution in [1.29, 1.82) is 0 Å². The maximum Gasteiger partial charge on any atom is 0.171 e. The van der Waals surface area contributed by atoms with Gasteiger partial charge in [0.05, 0.1) is 17.5 Å². The summed E-state index contributed by atoms with van der Waals surface area (Å²) in [6.45, 7) is 5.76. The third-order valence-corrected chi connectivity index (χ3v) is 3.68. The van der Waals surface area contributed by atoms with Gasteiger partial charge in [-0.2, -0.15) is 0 Å². The zero-order valence-electron chi connectivity index (χ0n) is 12.2. The number of allylic oxidation sites excluding steroid dienone is 2. The van der Waals surface area contributed by atoms with Crippen molar-refractivity contribution in [3.8, 4) is 0 Å². The molecule has 0 bridgehead atoms. The van der Waals surface area contributed by atoms with Gasteiger partial charge in [-0.15, -0.1) is 0 Å². The minimum absolute atomic E-state index is 0.0931. The maximum absolute atomic E-state index is 12.5. The van der Waals surface area contributed by atoms with Crippen LogP contribution in [0.15, 0.2) is 18.5 Å². The van der Waals surface area contributed by atoms with Crippen LogP contribution in [0.2, 0.25) is 0 Å². The van der Waals surface area contributed by atoms with Crippen molar-refractivity contribution in [2.75, 3.05) is 0 Å². The molecule has 1 aliphatic carbocycles. The van der Waals surface area contributed by atoms with Crippen molar-refractivity contribution in [1.82, 2.24) is 15.0 Å². The molecule has 0 unspecified atom stereocenters. The van der Waals surface area contributed by atoms with E-state index in [1.54, 1.807) is 12.4 Å². The van der Waals surface area contributed by atoms with Gasteiger partial charge in [0, 0.05) is 11.6 Å². The molecule has 0 amide bonds. The van der Waals surface area contributed by atoms with Crippen LogP contribution in [0, 0.1) is 5.41 Å². The minimum atomic E-state index is -0.417. The highest BCUT2D eigenvalue weighted by Gasteiger charge is 2.26. The number of hydrogen-bond acceptors (Lipinski definition) is 3. The molecule has 0 radical (unpaired) electrons. The summed E-state index contributed by atoms with van der Waals surface area (Å²) in [4.78, 5) is 24.6. The highest BCUT2D eigenvalue weighted by Crippen LogP contribution is 2.29. The van der Waals surface area contributed by atoms with Gasteiger partial charge in [-0.1, -0.05) is 26.8 Å². The van der Waals surface area contributed by atoms with Gasteiger partial charge in [0.15, 0.2) is 11.4 Å². The Kier molecular flexibility index (Phi) is 2.96. The Bertz CT molecular complexity index is 704. The smallest absolute Gasteiger partial charge is 0.171 e. The van der Waals surface area contributed by atoms with Crippen LogP contribution in [-0.4, -0.2) is 20.7 Å². The molecule has 0 fully saturated rings. The van der Waals surface area contributed by atoms with E-state index >= 15 is 0 Å². The van der Waals surface area contributed by atoms with Crippen LogP contribution in [-0.2, 0) is 0 Å². The SMILES string of the molecule is CC(C)(C)C(=O)c1c[nH]c2ncc(C3=CCCC3)nc12. The maximum atomic E-state index is 12.5. The molecule has 0 aromatic carbocycles. The molecule has 0 atom stereocenters. The fourth-order valence-corrected chi connectivity index (χ4v) is 2.53. The first-order valence-electron chi connectivity index (χ1n) is 7.05. The Labute approximate surface area is 118 Å². The van der Waals surface area contributed by atoms with Crippen LogP contribution >= 0.6 is 0 Å². The minimum Gasteiger partial charge on any atom is -0.344 e. The van der Waals surface area contributed by atoms with E-state index in [4.69, 9.17) is 0 Å². The van der Waals surface area contributed by atoms with E-state index in [1.807, 2.05) is 20.8 Å². The van der Waals surface area contributed by atoms with Gasteiger partial charge in [0.2, 0.25) is 0 Å². The first kappa shape index (κ1) is 13.0. The molecule has 0 saturated heterocycles. The van der Waals surface area contributed by atoms with E-state index in [-0.39, 0.29) is 5.78 Å². The molecule has 1 aliphatic rings. The third kappa shape index (κ3) is 2.15. The van der Waals surface area contributed by atoms with Gasteiger partial charge in [-0.3, -0.25) is 4.79 Å². The lowest BCUT2D eigenvalue weighted by molar-refractivity contribution is 0.0860. The van der Waals surface area contributed by atoms with Crippen molar-refractivity contribution in [3.63, 3.8) is 0 Å². The quantitative estimate of drug-likeness (QED) is 0.844. The fourth-order valence-electron chi connectivity index (χ4n) is 2.53. The molecule has 0 spiro atoms. The lowest BCUT2D eigenvalue weighted by atomic mass is 9.87. The highest BCUT2D eigenvalue weighted by atomic mass is 16.1. The average molecular weight is 269 g/mol. The third-order valence-electron chi connectivity index (χ3n) is 3.68. The molecule has 1 N–H and O–H groups in total. The topological polar surface area (TPSA) is 58.6 Å². The Morgan fingerprint density at radius 2 is 2.15 bits per heavy atom. The number of fused-ring (bicyclic) bond motifs is 1. The Morgan fingerprint density at radius 1 is 1.35 bits per heavy atom. The number of rotatable bonds is 2. The number of hydrogen-bond donors (Lipinski definition) is 1. The fraction of sp³-hybridized carbons (Fsp3) is 0.438. The van der Waals surface area contributed by atoms with Gasteiger partial charge in [0.25, 0.3) is 0 Å². The molecular formula is C16H19N3O. The molecule has 0 aliphatic heterocycles. The van der Waals surface area contributed by atoms with Crippen LogP contribution in [0.25, 0.3) is 16.7 Å². The summed E-state index contributed by atoms with van der Waals surface area (Å²) in [7, 11) is 0. The van der Waals surface area contributed by atoms with Crippen LogP contribution < -0.4 is 0 Å². The molecule has 2 aromatic rings. The molecule has 20 heavy (non-hydrogen) atoms. The zero-order chi connectivity index (χ0) is 14.3. The zero-order valence-corrected chi connectivity index (χ0v) is 12.2. The first-order chi connectivity index (χ1) is 9.47. The normalized spacial score (nSPS) is 15.7. The molecule has 2 heterocycles. The van der Waals surface area contributed by atoms with E-state index in [9.17, 15) is 4.79 Å². The number of aromatic nitrogens is 3. The number of carbonyl (C=O) groups excluding carboxylic acids is 1. The summed E-state index contributed by atoms with van der Waals surface area (Å²) < 4.78 is 0. The van der Waals surface area contributed by atoms with Crippen molar-refractivity contribution in [2.45, 2.75) is 40.0 Å². The predicted molar refractivity (Wildman–Crippen MR) is 79.5 cm³/mol. The molecule has 104 valence electrons. The summed E-state index contributed by atoms with van der Waals surface area (Å²) in [6.07, 6.45) is 9.07. The number of nitrogens with zero attached hydrogens (tertiary/aromatic N) is 2. The Morgan fingerprint density at radius 3 is 2.80 bits per heavy atom. The number of nitrogens with one attached hydrogen (secondary N) is 1. The standard InChI is InChI=1S/C16H19N3O/c1-16(2,3)14(20)11-8-17-15-13(11)19-12(9-18-15)10-6-4-5-7-10/h6,8-9H,4-5,7H2,1-3H3,(H,17,18). The van der Waals surface area contributed by atoms with Gasteiger partial charge in [-0.25, -0.2) is 9.97 Å². The van der Waals surface area contributed by atoms with Crippen molar-refractivity contribution in [3.05, 3.63) is 29.7 Å². The number of aromatic amines is 1. The van der Waals surface area contributed by atoms with Crippen molar-refractivity contribution in [2.24, 2.45) is 5.41 Å². The molecule has 4 heteroatoms. The van der Waals surface area contributed by atoms with Crippen molar-refractivity contribution < 1.29 is 4.79 Å². The van der Waals surface area contributed by atoms with Crippen LogP contribution in [0.4, 0.5) is 0 Å². The van der Waals surface area contributed by atoms with E-state index in [1.165, 1.54) is 12.0 Å². The largest absolute Gasteiger partial charge is 0.344 e. The lowest BCUT2D eigenvalue weighted by Gasteiger charge is -2.15. The number of Topliss-reactive ketones (excluding diaryl/α,β-unsaturated/α-hetero) is 1. The first-order valence-corrected chi connectivity index (χ1v) is 7.05. The van der Waals surface area contributed by atoms with Crippen LogP contribution in [0.3, 0.4) is 0 Å². The van der Waals surface area contributed by atoms with Gasteiger partial charge < -0.3 is 4.98 Å². The Hall–Kier alpha value is -1.97. The highest BCUT2D eigenvalue weighted by molar-refractivity contribution is 6.08. The van der Waals surface area contributed by atoms with Gasteiger partial charge >= 0.3 is 0 Å². The van der Waals surface area contributed by atoms with Gasteiger partial charge in [0.1, 0.15) is 5.52 Å². The lowest BCUT2D eigenvalue weighted by Crippen LogP contribution is -2.20. The van der Waals surface area contributed by atoms with Crippen molar-refractivity contribution >= 4 is 22.5 Å². The summed E-state index contributed by atoms with van der Waals surface area (Å²) in [5, 5.41) is 0. The number of ketones is 1. The molecular weight excluding hydrogens is 250 g/mol. The summed E-state index contributed by atoms with van der Waals surface area (Å²) in [6, 6.07) is 0. The van der Waals surface area contributed by atoms with E-state index < -0.39 is 5.41 Å². The summed E-state index contributed by atoms with van der Waals surface area (Å²) in [5.74, 6) is 0.0931. The second-order valence-electron chi connectivity index (χ2n) is 6.36. The Balaban J connectivity index is 2.10. The second-order valence-corrected chi connectivity index (χ2v) is 6.36. The van der Waals surface area contributed by atoms with Gasteiger partial charge in [-0.05, 0) is 24.8 Å². The molecule has 2 aromatic heterocycles. The molecule has 4 nitrogen and oxygen atoms in total.